The summed E-state index contributed by atoms with van der Waals surface area (Å²) in [6, 6.07) is 8.97. The molecule has 0 aromatic heterocycles. The second kappa shape index (κ2) is 4.31. The third-order valence-electron chi connectivity index (χ3n) is 4.10. The quantitative estimate of drug-likeness (QED) is 0.858. The average Bonchev–Trinajstić information content (AvgIpc) is 3.21. The van der Waals surface area contributed by atoms with Crippen LogP contribution in [-0.4, -0.2) is 32.8 Å². The number of nitrogens with zero attached hydrogens (tertiary/aromatic N) is 1. The van der Waals surface area contributed by atoms with Crippen LogP contribution in [0.5, 0.6) is 0 Å². The van der Waals surface area contributed by atoms with E-state index in [1.807, 2.05) is 0 Å². The number of benzene rings is 1. The molecule has 2 N–H and O–H groups in total. The maximum Gasteiger partial charge on any atom is 0.0642 e. The Labute approximate surface area is 103 Å². The van der Waals surface area contributed by atoms with E-state index < -0.39 is 0 Å². The third-order valence-corrected chi connectivity index (χ3v) is 4.10. The fourth-order valence-electron chi connectivity index (χ4n) is 2.61. The van der Waals surface area contributed by atoms with Gasteiger partial charge in [0.05, 0.1) is 13.2 Å². The Bertz CT molecular complexity index is 378. The van der Waals surface area contributed by atoms with Gasteiger partial charge in [-0.3, -0.25) is 0 Å². The van der Waals surface area contributed by atoms with E-state index in [4.69, 9.17) is 10.5 Å². The van der Waals surface area contributed by atoms with Gasteiger partial charge < -0.3 is 15.4 Å². The molecule has 0 spiro atoms. The van der Waals surface area contributed by atoms with E-state index in [2.05, 4.69) is 29.2 Å². The van der Waals surface area contributed by atoms with E-state index in [0.717, 1.165) is 32.8 Å². The van der Waals surface area contributed by atoms with Gasteiger partial charge in [0, 0.05) is 30.7 Å². The standard InChI is InChI=1S/C14H20N2O/c15-11-14(5-6-14)12-1-3-13(4-2-12)16-7-9-17-10-8-16/h1-4H,5-11,15H2. The molecule has 3 nitrogen and oxygen atoms in total. The van der Waals surface area contributed by atoms with Gasteiger partial charge in [0.2, 0.25) is 0 Å². The Morgan fingerprint density at radius 2 is 1.76 bits per heavy atom. The zero-order chi connectivity index (χ0) is 11.7. The first kappa shape index (κ1) is 11.1. The van der Waals surface area contributed by atoms with Gasteiger partial charge in [0.1, 0.15) is 0 Å². The highest BCUT2D eigenvalue weighted by molar-refractivity contribution is 5.50. The fourth-order valence-corrected chi connectivity index (χ4v) is 2.61. The molecule has 0 radical (unpaired) electrons. The Kier molecular flexibility index (Phi) is 2.81. The summed E-state index contributed by atoms with van der Waals surface area (Å²) in [7, 11) is 0. The van der Waals surface area contributed by atoms with Crippen LogP contribution in [0.4, 0.5) is 5.69 Å². The van der Waals surface area contributed by atoms with Crippen molar-refractivity contribution in [1.82, 2.24) is 0 Å². The molecular formula is C14H20N2O. The van der Waals surface area contributed by atoms with Crippen molar-refractivity contribution in [1.29, 1.82) is 0 Å². The summed E-state index contributed by atoms with van der Waals surface area (Å²) < 4.78 is 5.37. The number of hydrogen-bond donors (Lipinski definition) is 1. The summed E-state index contributed by atoms with van der Waals surface area (Å²) in [6.45, 7) is 4.47. The van der Waals surface area contributed by atoms with Gasteiger partial charge in [-0.2, -0.15) is 0 Å². The van der Waals surface area contributed by atoms with Gasteiger partial charge in [0.25, 0.3) is 0 Å². The molecule has 1 aromatic rings. The van der Waals surface area contributed by atoms with Gasteiger partial charge in [-0.15, -0.1) is 0 Å². The van der Waals surface area contributed by atoms with Crippen LogP contribution in [0.1, 0.15) is 18.4 Å². The zero-order valence-electron chi connectivity index (χ0n) is 10.2. The molecule has 92 valence electrons. The molecule has 2 fully saturated rings. The van der Waals surface area contributed by atoms with Crippen LogP contribution in [-0.2, 0) is 10.2 Å². The molecule has 0 atom stereocenters. The SMILES string of the molecule is NCC1(c2ccc(N3CCOCC3)cc2)CC1. The van der Waals surface area contributed by atoms with Gasteiger partial charge in [0.15, 0.2) is 0 Å². The van der Waals surface area contributed by atoms with E-state index in [0.29, 0.717) is 5.41 Å². The first-order chi connectivity index (χ1) is 8.34. The van der Waals surface area contributed by atoms with Crippen molar-refractivity contribution in [2.75, 3.05) is 37.7 Å². The topological polar surface area (TPSA) is 38.5 Å². The van der Waals surface area contributed by atoms with Crippen LogP contribution < -0.4 is 10.6 Å². The molecular weight excluding hydrogens is 212 g/mol. The Balaban J connectivity index is 1.75. The van der Waals surface area contributed by atoms with E-state index in [-0.39, 0.29) is 0 Å². The van der Waals surface area contributed by atoms with Crippen molar-refractivity contribution in [3.8, 4) is 0 Å². The van der Waals surface area contributed by atoms with Gasteiger partial charge in [-0.1, -0.05) is 12.1 Å². The maximum atomic E-state index is 5.85. The number of morpholine rings is 1. The lowest BCUT2D eigenvalue weighted by Gasteiger charge is -2.29. The van der Waals surface area contributed by atoms with E-state index in [9.17, 15) is 0 Å². The number of nitrogens with two attached hydrogens (primary N) is 1. The molecule has 0 amide bonds. The fraction of sp³-hybridized carbons (Fsp3) is 0.571. The van der Waals surface area contributed by atoms with Crippen LogP contribution in [0.25, 0.3) is 0 Å². The summed E-state index contributed by atoms with van der Waals surface area (Å²) >= 11 is 0. The van der Waals surface area contributed by atoms with Crippen LogP contribution in [0.15, 0.2) is 24.3 Å². The van der Waals surface area contributed by atoms with Crippen LogP contribution in [0.2, 0.25) is 0 Å². The second-order valence-electron chi connectivity index (χ2n) is 5.13. The van der Waals surface area contributed by atoms with Crippen molar-refractivity contribution >= 4 is 5.69 Å². The molecule has 2 aliphatic rings. The summed E-state index contributed by atoms with van der Waals surface area (Å²) in [6.07, 6.45) is 2.50. The maximum absolute atomic E-state index is 5.85. The minimum Gasteiger partial charge on any atom is -0.378 e. The first-order valence-corrected chi connectivity index (χ1v) is 6.47. The zero-order valence-corrected chi connectivity index (χ0v) is 10.2. The molecule has 1 aliphatic heterocycles. The molecule has 0 unspecified atom stereocenters. The van der Waals surface area contributed by atoms with Gasteiger partial charge in [-0.05, 0) is 30.5 Å². The van der Waals surface area contributed by atoms with Crippen molar-refractivity contribution in [3.63, 3.8) is 0 Å². The number of ether oxygens (including phenoxy) is 1. The van der Waals surface area contributed by atoms with Crippen molar-refractivity contribution in [3.05, 3.63) is 29.8 Å². The summed E-state index contributed by atoms with van der Waals surface area (Å²) in [4.78, 5) is 2.38. The van der Waals surface area contributed by atoms with Gasteiger partial charge in [-0.25, -0.2) is 0 Å². The minimum atomic E-state index is 0.309. The molecule has 1 aliphatic carbocycles. The molecule has 3 heteroatoms. The molecule has 17 heavy (non-hydrogen) atoms. The van der Waals surface area contributed by atoms with E-state index >= 15 is 0 Å². The molecule has 0 bridgehead atoms. The molecule has 1 heterocycles. The third kappa shape index (κ3) is 2.05. The van der Waals surface area contributed by atoms with Crippen LogP contribution in [0, 0.1) is 0 Å². The van der Waals surface area contributed by atoms with Gasteiger partial charge >= 0.3 is 0 Å². The highest BCUT2D eigenvalue weighted by Gasteiger charge is 2.42. The lowest BCUT2D eigenvalue weighted by molar-refractivity contribution is 0.122. The monoisotopic (exact) mass is 232 g/mol. The molecule has 1 saturated carbocycles. The highest BCUT2D eigenvalue weighted by Crippen LogP contribution is 2.47. The normalized spacial score (nSPS) is 22.5. The Hall–Kier alpha value is -1.06. The van der Waals surface area contributed by atoms with Crippen molar-refractivity contribution in [2.24, 2.45) is 5.73 Å². The summed E-state index contributed by atoms with van der Waals surface area (Å²) in [5.74, 6) is 0. The molecule has 1 aromatic carbocycles. The number of hydrogen-bond acceptors (Lipinski definition) is 3. The lowest BCUT2D eigenvalue weighted by Crippen LogP contribution is -2.36. The summed E-state index contributed by atoms with van der Waals surface area (Å²) in [5, 5.41) is 0. The first-order valence-electron chi connectivity index (χ1n) is 6.47. The number of rotatable bonds is 3. The largest absolute Gasteiger partial charge is 0.378 e. The van der Waals surface area contributed by atoms with Crippen LogP contribution >= 0.6 is 0 Å². The molecule has 1 saturated heterocycles. The predicted octanol–water partition coefficient (Wildman–Crippen LogP) is 1.51. The Morgan fingerprint density at radius 3 is 2.29 bits per heavy atom. The second-order valence-corrected chi connectivity index (χ2v) is 5.13. The average molecular weight is 232 g/mol. The number of anilines is 1. The summed E-state index contributed by atoms with van der Waals surface area (Å²) in [5.41, 5.74) is 8.89. The highest BCUT2D eigenvalue weighted by atomic mass is 16.5. The van der Waals surface area contributed by atoms with Crippen LogP contribution in [0.3, 0.4) is 0 Å². The minimum absolute atomic E-state index is 0.309. The smallest absolute Gasteiger partial charge is 0.0642 e. The van der Waals surface area contributed by atoms with Crippen molar-refractivity contribution in [2.45, 2.75) is 18.3 Å². The molecule has 3 rings (SSSR count). The predicted molar refractivity (Wildman–Crippen MR) is 69.4 cm³/mol. The van der Waals surface area contributed by atoms with E-state index in [1.165, 1.54) is 24.1 Å². The Morgan fingerprint density at radius 1 is 1.12 bits per heavy atom. The lowest BCUT2D eigenvalue weighted by atomic mass is 9.96. The van der Waals surface area contributed by atoms with Crippen molar-refractivity contribution < 1.29 is 4.74 Å². The van der Waals surface area contributed by atoms with E-state index in [1.54, 1.807) is 0 Å².